The molecule has 2 N–H and O–H groups in total. The van der Waals surface area contributed by atoms with Gasteiger partial charge >= 0.3 is 17.9 Å². The van der Waals surface area contributed by atoms with Crippen LogP contribution < -0.4 is 15.4 Å². The van der Waals surface area contributed by atoms with E-state index in [4.69, 9.17) is 10.5 Å². The lowest BCUT2D eigenvalue weighted by molar-refractivity contribution is -0.143. The highest BCUT2D eigenvalue weighted by atomic mass is 16.6. The SMILES string of the molecule is COC(=O)COc1cc(N)ccc1N(CC(=O)OC)CC(=O)OC. The number of esters is 3. The van der Waals surface area contributed by atoms with Crippen molar-refractivity contribution in [2.75, 3.05) is 51.7 Å². The first-order chi connectivity index (χ1) is 11.4. The van der Waals surface area contributed by atoms with Gasteiger partial charge in [0.15, 0.2) is 6.61 Å². The second-order valence-corrected chi connectivity index (χ2v) is 4.60. The van der Waals surface area contributed by atoms with Crippen LogP contribution in [0.2, 0.25) is 0 Å². The second kappa shape index (κ2) is 9.23. The Hall–Kier alpha value is -2.97. The van der Waals surface area contributed by atoms with E-state index in [0.717, 1.165) is 0 Å². The Labute approximate surface area is 139 Å². The van der Waals surface area contributed by atoms with E-state index in [2.05, 4.69) is 14.2 Å². The highest BCUT2D eigenvalue weighted by Crippen LogP contribution is 2.30. The molecule has 1 aromatic rings. The molecule has 0 fully saturated rings. The molecule has 0 saturated heterocycles. The number of nitrogens with zero attached hydrogens (tertiary/aromatic N) is 1. The Morgan fingerprint density at radius 1 is 0.958 bits per heavy atom. The van der Waals surface area contributed by atoms with Crippen molar-refractivity contribution in [2.24, 2.45) is 0 Å². The van der Waals surface area contributed by atoms with Crippen LogP contribution in [-0.2, 0) is 28.6 Å². The fraction of sp³-hybridized carbons (Fsp3) is 0.400. The summed E-state index contributed by atoms with van der Waals surface area (Å²) in [6.45, 7) is -0.786. The number of carbonyl (C=O) groups is 3. The molecule has 0 spiro atoms. The zero-order valence-corrected chi connectivity index (χ0v) is 13.7. The molecule has 0 saturated carbocycles. The number of carbonyl (C=O) groups excluding carboxylic acids is 3. The number of anilines is 2. The molecule has 0 bridgehead atoms. The summed E-state index contributed by atoms with van der Waals surface area (Å²) >= 11 is 0. The van der Waals surface area contributed by atoms with Gasteiger partial charge in [-0.05, 0) is 12.1 Å². The third-order valence-corrected chi connectivity index (χ3v) is 2.99. The van der Waals surface area contributed by atoms with Gasteiger partial charge in [-0.15, -0.1) is 0 Å². The topological polar surface area (TPSA) is 117 Å². The van der Waals surface area contributed by atoms with Gasteiger partial charge in [-0.2, -0.15) is 0 Å². The Balaban J connectivity index is 3.11. The maximum atomic E-state index is 11.6. The van der Waals surface area contributed by atoms with Gasteiger partial charge in [0.25, 0.3) is 0 Å². The van der Waals surface area contributed by atoms with Crippen molar-refractivity contribution in [3.63, 3.8) is 0 Å². The Bertz CT molecular complexity index is 585. The largest absolute Gasteiger partial charge is 0.480 e. The molecule has 132 valence electrons. The molecule has 0 atom stereocenters. The fourth-order valence-corrected chi connectivity index (χ4v) is 1.77. The minimum Gasteiger partial charge on any atom is -0.480 e. The van der Waals surface area contributed by atoms with E-state index in [1.54, 1.807) is 12.1 Å². The van der Waals surface area contributed by atoms with E-state index < -0.39 is 17.9 Å². The molecule has 0 aliphatic heterocycles. The molecule has 1 rings (SSSR count). The van der Waals surface area contributed by atoms with Gasteiger partial charge < -0.3 is 29.6 Å². The summed E-state index contributed by atoms with van der Waals surface area (Å²) in [5, 5.41) is 0. The lowest BCUT2D eigenvalue weighted by Gasteiger charge is -2.24. The highest BCUT2D eigenvalue weighted by Gasteiger charge is 2.20. The van der Waals surface area contributed by atoms with Gasteiger partial charge in [-0.1, -0.05) is 0 Å². The van der Waals surface area contributed by atoms with Crippen molar-refractivity contribution >= 4 is 29.3 Å². The van der Waals surface area contributed by atoms with Crippen molar-refractivity contribution in [3.05, 3.63) is 18.2 Å². The Morgan fingerprint density at radius 3 is 2.00 bits per heavy atom. The first-order valence-corrected chi connectivity index (χ1v) is 6.89. The average molecular weight is 340 g/mol. The molecule has 0 amide bonds. The summed E-state index contributed by atoms with van der Waals surface area (Å²) in [7, 11) is 3.69. The van der Waals surface area contributed by atoms with Gasteiger partial charge in [0, 0.05) is 11.8 Å². The van der Waals surface area contributed by atoms with E-state index in [-0.39, 0.29) is 25.4 Å². The van der Waals surface area contributed by atoms with Gasteiger partial charge in [0.05, 0.1) is 27.0 Å². The second-order valence-electron chi connectivity index (χ2n) is 4.60. The quantitative estimate of drug-likeness (QED) is 0.395. The van der Waals surface area contributed by atoms with Crippen LogP contribution in [0.15, 0.2) is 18.2 Å². The summed E-state index contributed by atoms with van der Waals surface area (Å²) in [4.78, 5) is 35.9. The highest BCUT2D eigenvalue weighted by molar-refractivity contribution is 5.83. The molecule has 24 heavy (non-hydrogen) atoms. The van der Waals surface area contributed by atoms with Gasteiger partial charge in [0.1, 0.15) is 18.8 Å². The zero-order chi connectivity index (χ0) is 18.1. The number of nitrogen functional groups attached to an aromatic ring is 1. The van der Waals surface area contributed by atoms with Crippen LogP contribution in [0.5, 0.6) is 5.75 Å². The molecule has 9 heteroatoms. The Morgan fingerprint density at radius 2 is 1.50 bits per heavy atom. The minimum atomic E-state index is -0.587. The predicted octanol–water partition coefficient (Wildman–Crippen LogP) is -0.0270. The fourth-order valence-electron chi connectivity index (χ4n) is 1.77. The summed E-state index contributed by atoms with van der Waals surface area (Å²) < 4.78 is 19.1. The van der Waals surface area contributed by atoms with Crippen LogP contribution in [0, 0.1) is 0 Å². The number of ether oxygens (including phenoxy) is 4. The first-order valence-electron chi connectivity index (χ1n) is 6.89. The van der Waals surface area contributed by atoms with E-state index in [9.17, 15) is 14.4 Å². The first kappa shape index (κ1) is 19.1. The molecule has 1 aromatic carbocycles. The smallest absolute Gasteiger partial charge is 0.343 e. The van der Waals surface area contributed by atoms with Gasteiger partial charge in [-0.25, -0.2) is 4.79 Å². The van der Waals surface area contributed by atoms with Crippen LogP contribution >= 0.6 is 0 Å². The number of nitrogens with two attached hydrogens (primary N) is 1. The molecule has 0 aliphatic rings. The van der Waals surface area contributed by atoms with E-state index in [0.29, 0.717) is 11.4 Å². The number of rotatable bonds is 8. The normalized spacial score (nSPS) is 9.79. The van der Waals surface area contributed by atoms with Crippen molar-refractivity contribution in [1.82, 2.24) is 0 Å². The zero-order valence-electron chi connectivity index (χ0n) is 13.7. The van der Waals surface area contributed by atoms with Crippen molar-refractivity contribution in [1.29, 1.82) is 0 Å². The number of benzene rings is 1. The van der Waals surface area contributed by atoms with Gasteiger partial charge in [0.2, 0.25) is 0 Å². The number of methoxy groups -OCH3 is 3. The van der Waals surface area contributed by atoms with Gasteiger partial charge in [-0.3, -0.25) is 9.59 Å². The maximum absolute atomic E-state index is 11.6. The van der Waals surface area contributed by atoms with E-state index in [1.807, 2.05) is 0 Å². The van der Waals surface area contributed by atoms with Crippen molar-refractivity contribution in [3.8, 4) is 5.75 Å². The molecule has 0 aromatic heterocycles. The molecule has 0 heterocycles. The minimum absolute atomic E-state index is 0.216. The van der Waals surface area contributed by atoms with Crippen LogP contribution in [0.1, 0.15) is 0 Å². The lowest BCUT2D eigenvalue weighted by Crippen LogP contribution is -2.36. The molecule has 0 unspecified atom stereocenters. The third kappa shape index (κ3) is 5.67. The number of hydrogen-bond donors (Lipinski definition) is 1. The van der Waals surface area contributed by atoms with E-state index in [1.165, 1.54) is 32.3 Å². The molecular weight excluding hydrogens is 320 g/mol. The van der Waals surface area contributed by atoms with Crippen LogP contribution in [0.4, 0.5) is 11.4 Å². The monoisotopic (exact) mass is 340 g/mol. The summed E-state index contributed by atoms with van der Waals surface area (Å²) in [5.74, 6) is -1.49. The Kier molecular flexibility index (Phi) is 7.34. The van der Waals surface area contributed by atoms with Crippen molar-refractivity contribution in [2.45, 2.75) is 0 Å². The summed E-state index contributed by atoms with van der Waals surface area (Å²) in [6, 6.07) is 4.61. The maximum Gasteiger partial charge on any atom is 0.343 e. The van der Waals surface area contributed by atoms with Crippen LogP contribution in [-0.4, -0.2) is 58.9 Å². The third-order valence-electron chi connectivity index (χ3n) is 2.99. The average Bonchev–Trinajstić information content (AvgIpc) is 2.58. The number of hydrogen-bond acceptors (Lipinski definition) is 9. The summed E-state index contributed by atoms with van der Waals surface area (Å²) in [5.41, 5.74) is 6.49. The predicted molar refractivity (Wildman–Crippen MR) is 84.6 cm³/mol. The molecule has 0 radical (unpaired) electrons. The van der Waals surface area contributed by atoms with Crippen LogP contribution in [0.25, 0.3) is 0 Å². The van der Waals surface area contributed by atoms with Crippen molar-refractivity contribution < 1.29 is 33.3 Å². The van der Waals surface area contributed by atoms with E-state index >= 15 is 0 Å². The standard InChI is InChI=1S/C15H20N2O7/c1-21-13(18)7-17(8-14(19)22-2)11-5-4-10(16)6-12(11)24-9-15(20)23-3/h4-6H,7-9,16H2,1-3H3. The van der Waals surface area contributed by atoms with Crippen LogP contribution in [0.3, 0.4) is 0 Å². The lowest BCUT2D eigenvalue weighted by atomic mass is 10.2. The molecular formula is C15H20N2O7. The molecule has 0 aliphatic carbocycles. The summed E-state index contributed by atoms with van der Waals surface area (Å²) in [6.07, 6.45) is 0. The molecule has 9 nitrogen and oxygen atoms in total.